The van der Waals surface area contributed by atoms with Gasteiger partial charge in [0.2, 0.25) is 0 Å². The highest BCUT2D eigenvalue weighted by Gasteiger charge is 2.15. The number of fused-ring (bicyclic) bond motifs is 2. The molecule has 0 amide bonds. The lowest BCUT2D eigenvalue weighted by Gasteiger charge is -2.10. The van der Waals surface area contributed by atoms with Gasteiger partial charge in [-0.05, 0) is 50.5 Å². The predicted octanol–water partition coefficient (Wildman–Crippen LogP) is 4.10. The lowest BCUT2D eigenvalue weighted by atomic mass is 10.00. The van der Waals surface area contributed by atoms with Gasteiger partial charge in [0, 0.05) is 35.3 Å². The van der Waals surface area contributed by atoms with Gasteiger partial charge >= 0.3 is 0 Å². The topological polar surface area (TPSA) is 78.5 Å². The van der Waals surface area contributed by atoms with Crippen LogP contribution in [0.25, 0.3) is 22.3 Å². The van der Waals surface area contributed by atoms with E-state index in [-0.39, 0.29) is 5.83 Å². The molecule has 5 rings (SSSR count). The molecule has 0 saturated carbocycles. The third kappa shape index (κ3) is 3.93. The molecule has 3 aromatic heterocycles. The number of anilines is 3. The molecule has 3 heterocycles. The molecule has 1 aliphatic carbocycles. The molecule has 1 aliphatic rings. The van der Waals surface area contributed by atoms with Gasteiger partial charge in [0.1, 0.15) is 29.6 Å². The molecule has 0 saturated heterocycles. The lowest BCUT2D eigenvalue weighted by molar-refractivity contribution is 0.687. The van der Waals surface area contributed by atoms with Crippen molar-refractivity contribution in [1.82, 2.24) is 19.9 Å². The Kier molecular flexibility index (Phi) is 5.31. The molecule has 0 spiro atoms. The smallest absolute Gasteiger partial charge is 0.137 e. The first-order valence-corrected chi connectivity index (χ1v) is 10.8. The Morgan fingerprint density at radius 1 is 1.00 bits per heavy atom. The summed E-state index contributed by atoms with van der Waals surface area (Å²) in [5.74, 6) is 2.08. The molecule has 0 fully saturated rings. The molecular formula is C25H25FN6. The van der Waals surface area contributed by atoms with Crippen LogP contribution in [-0.2, 0) is 6.42 Å². The average molecular weight is 429 g/mol. The molecule has 7 heteroatoms. The van der Waals surface area contributed by atoms with Crippen LogP contribution in [-0.4, -0.2) is 26.5 Å². The van der Waals surface area contributed by atoms with E-state index in [1.165, 1.54) is 17.5 Å². The van der Waals surface area contributed by atoms with Crippen LogP contribution in [0.1, 0.15) is 31.0 Å². The molecule has 162 valence electrons. The Bertz CT molecular complexity index is 1420. The summed E-state index contributed by atoms with van der Waals surface area (Å²) in [5, 5.41) is 9.42. The Morgan fingerprint density at radius 3 is 2.75 bits per heavy atom. The third-order valence-electron chi connectivity index (χ3n) is 5.94. The molecule has 0 bridgehead atoms. The summed E-state index contributed by atoms with van der Waals surface area (Å²) in [4.78, 5) is 16.5. The van der Waals surface area contributed by atoms with Crippen molar-refractivity contribution in [1.29, 1.82) is 0 Å². The highest BCUT2D eigenvalue weighted by atomic mass is 19.1. The van der Waals surface area contributed by atoms with E-state index in [0.29, 0.717) is 24.1 Å². The molecule has 1 aromatic carbocycles. The minimum Gasteiger partial charge on any atom is -0.370 e. The van der Waals surface area contributed by atoms with Crippen LogP contribution in [0.4, 0.5) is 21.8 Å². The molecule has 32 heavy (non-hydrogen) atoms. The predicted molar refractivity (Wildman–Crippen MR) is 127 cm³/mol. The maximum atomic E-state index is 14.3. The van der Waals surface area contributed by atoms with E-state index in [0.717, 1.165) is 46.3 Å². The number of aromatic amines is 1. The van der Waals surface area contributed by atoms with Gasteiger partial charge in [0.05, 0.1) is 10.9 Å². The van der Waals surface area contributed by atoms with Crippen LogP contribution < -0.4 is 21.2 Å². The fraction of sp³-hybridized carbons (Fsp3) is 0.240. The van der Waals surface area contributed by atoms with Crippen LogP contribution in [0.5, 0.6) is 0 Å². The van der Waals surface area contributed by atoms with Crippen molar-refractivity contribution in [2.75, 3.05) is 17.2 Å². The zero-order chi connectivity index (χ0) is 22.1. The van der Waals surface area contributed by atoms with Crippen LogP contribution >= 0.6 is 0 Å². The number of nitrogens with zero attached hydrogens (tertiary/aromatic N) is 3. The quantitative estimate of drug-likeness (QED) is 0.431. The summed E-state index contributed by atoms with van der Waals surface area (Å²) in [6.45, 7) is 4.79. The van der Waals surface area contributed by atoms with Crippen LogP contribution in [0.2, 0.25) is 0 Å². The number of benzene rings is 1. The van der Waals surface area contributed by atoms with E-state index in [2.05, 4.69) is 37.5 Å². The van der Waals surface area contributed by atoms with Crippen LogP contribution in [0.3, 0.4) is 0 Å². The second-order valence-electron chi connectivity index (χ2n) is 8.14. The van der Waals surface area contributed by atoms with E-state index >= 15 is 0 Å². The number of aromatic nitrogens is 4. The Balaban J connectivity index is 1.29. The summed E-state index contributed by atoms with van der Waals surface area (Å²) in [6.07, 6.45) is 3.57. The summed E-state index contributed by atoms with van der Waals surface area (Å²) in [7, 11) is 0. The summed E-state index contributed by atoms with van der Waals surface area (Å²) < 4.78 is 14.3. The van der Waals surface area contributed by atoms with Crippen molar-refractivity contribution in [2.24, 2.45) is 0 Å². The minimum absolute atomic E-state index is 0.0401. The van der Waals surface area contributed by atoms with Crippen molar-refractivity contribution in [3.8, 4) is 0 Å². The monoisotopic (exact) mass is 428 g/mol. The molecule has 3 N–H and O–H groups in total. The second-order valence-corrected chi connectivity index (χ2v) is 8.14. The summed E-state index contributed by atoms with van der Waals surface area (Å²) in [6, 6.07) is 13.8. The number of aryl methyl sites for hydroxylation is 1. The van der Waals surface area contributed by atoms with Gasteiger partial charge < -0.3 is 15.6 Å². The fourth-order valence-electron chi connectivity index (χ4n) is 4.30. The van der Waals surface area contributed by atoms with Crippen molar-refractivity contribution >= 4 is 39.8 Å². The normalized spacial score (nSPS) is 13.3. The number of H-pyrrole nitrogens is 1. The van der Waals surface area contributed by atoms with Crippen LogP contribution in [0.15, 0.2) is 48.8 Å². The minimum atomic E-state index is -0.0401. The zero-order valence-corrected chi connectivity index (χ0v) is 18.2. The maximum absolute atomic E-state index is 14.3. The number of nitrogens with one attached hydrogen (secondary N) is 3. The van der Waals surface area contributed by atoms with E-state index in [1.54, 1.807) is 0 Å². The highest BCUT2D eigenvalue weighted by Crippen LogP contribution is 2.19. The molecule has 0 unspecified atom stereocenters. The highest BCUT2D eigenvalue weighted by molar-refractivity contribution is 5.80. The first kappa shape index (κ1) is 20.2. The molecule has 0 atom stereocenters. The van der Waals surface area contributed by atoms with Gasteiger partial charge in [0.25, 0.3) is 0 Å². The Hall–Kier alpha value is -3.74. The average Bonchev–Trinajstić information content (AvgIpc) is 3.14. The molecular weight excluding hydrogens is 403 g/mol. The van der Waals surface area contributed by atoms with Crippen molar-refractivity contribution in [3.05, 3.63) is 70.6 Å². The fourth-order valence-corrected chi connectivity index (χ4v) is 4.30. The van der Waals surface area contributed by atoms with E-state index < -0.39 is 0 Å². The van der Waals surface area contributed by atoms with E-state index in [9.17, 15) is 4.39 Å². The Labute approximate surface area is 185 Å². The number of rotatable bonds is 6. The second kappa shape index (κ2) is 8.42. The standard InChI is InChI=1S/C25H25FN6/c1-15-7-9-19(26)25-24(15)18(16(2)30-25)11-12-27-22-13-23(29-14-28-22)32-21-10-8-17-5-3-4-6-20(17)31-21/h3-6,8,10,13-14,30H,7,9,11-12H2,1-2H3,(H2,27,28,29,31,32). The molecule has 4 aromatic rings. The number of hydrogen-bond acceptors (Lipinski definition) is 5. The number of hydrogen-bond donors (Lipinski definition) is 3. The van der Waals surface area contributed by atoms with Gasteiger partial charge in [-0.3, -0.25) is 0 Å². The lowest BCUT2D eigenvalue weighted by Crippen LogP contribution is -2.32. The van der Waals surface area contributed by atoms with Crippen molar-refractivity contribution in [2.45, 2.75) is 33.1 Å². The Morgan fingerprint density at radius 2 is 1.84 bits per heavy atom. The van der Waals surface area contributed by atoms with Gasteiger partial charge in [0.15, 0.2) is 0 Å². The molecule has 6 nitrogen and oxygen atoms in total. The number of halogens is 1. The van der Waals surface area contributed by atoms with Crippen molar-refractivity contribution < 1.29 is 4.39 Å². The zero-order valence-electron chi connectivity index (χ0n) is 18.2. The van der Waals surface area contributed by atoms with Gasteiger partial charge in [-0.2, -0.15) is 0 Å². The van der Waals surface area contributed by atoms with Gasteiger partial charge in [-0.15, -0.1) is 0 Å². The van der Waals surface area contributed by atoms with Gasteiger partial charge in [-0.1, -0.05) is 23.8 Å². The maximum Gasteiger partial charge on any atom is 0.137 e. The SMILES string of the molecule is CC1=c2c(CCNc3cc(Nc4ccc5ccccc5n4)ncn3)c(C)[nH]c2=C(F)CC1. The van der Waals surface area contributed by atoms with Crippen LogP contribution in [0, 0.1) is 6.92 Å². The summed E-state index contributed by atoms with van der Waals surface area (Å²) >= 11 is 0. The third-order valence-corrected chi connectivity index (χ3v) is 5.94. The summed E-state index contributed by atoms with van der Waals surface area (Å²) in [5.41, 5.74) is 4.38. The number of pyridine rings is 1. The largest absolute Gasteiger partial charge is 0.370 e. The van der Waals surface area contributed by atoms with Crippen molar-refractivity contribution in [3.63, 3.8) is 0 Å². The molecule has 0 radical (unpaired) electrons. The number of para-hydroxylation sites is 1. The molecule has 0 aliphatic heterocycles. The van der Waals surface area contributed by atoms with Gasteiger partial charge in [-0.25, -0.2) is 19.3 Å². The van der Waals surface area contributed by atoms with E-state index in [1.807, 2.05) is 49.4 Å². The van der Waals surface area contributed by atoms with E-state index in [4.69, 9.17) is 0 Å². The first-order valence-electron chi connectivity index (χ1n) is 10.8. The first-order chi connectivity index (χ1) is 15.6.